The first-order chi connectivity index (χ1) is 7.83. The average Bonchev–Trinajstić information content (AvgIpc) is 2.79. The topological polar surface area (TPSA) is 70.6 Å². The molecule has 3 N–H and O–H groups in total. The van der Waals surface area contributed by atoms with Gasteiger partial charge < -0.3 is 20.5 Å². The van der Waals surface area contributed by atoms with Gasteiger partial charge in [-0.3, -0.25) is 4.79 Å². The van der Waals surface area contributed by atoms with Gasteiger partial charge >= 0.3 is 0 Å². The number of hydrogen-bond donors (Lipinski definition) is 3. The van der Waals surface area contributed by atoms with Crippen LogP contribution in [0.2, 0.25) is 0 Å². The third-order valence-electron chi connectivity index (χ3n) is 2.75. The zero-order valence-corrected chi connectivity index (χ0v) is 9.71. The minimum Gasteiger partial charge on any atom is -0.394 e. The zero-order chi connectivity index (χ0) is 11.6. The molecule has 94 valence electrons. The quantitative estimate of drug-likeness (QED) is 0.492. The van der Waals surface area contributed by atoms with Gasteiger partial charge in [0.25, 0.3) is 0 Å². The van der Waals surface area contributed by atoms with Crippen molar-refractivity contribution in [2.24, 2.45) is 5.92 Å². The molecule has 0 aromatic heterocycles. The number of nitrogens with one attached hydrogen (secondary N) is 2. The lowest BCUT2D eigenvalue weighted by Crippen LogP contribution is -2.28. The molecule has 1 unspecified atom stereocenters. The second-order valence-corrected chi connectivity index (χ2v) is 4.08. The normalized spacial score (nSPS) is 19.9. The lowest BCUT2D eigenvalue weighted by molar-refractivity contribution is -0.121. The van der Waals surface area contributed by atoms with Gasteiger partial charge in [-0.25, -0.2) is 0 Å². The number of hydrogen-bond acceptors (Lipinski definition) is 4. The number of aliphatic hydroxyl groups is 1. The van der Waals surface area contributed by atoms with Gasteiger partial charge in [-0.2, -0.15) is 0 Å². The summed E-state index contributed by atoms with van der Waals surface area (Å²) >= 11 is 0. The maximum Gasteiger partial charge on any atom is 0.220 e. The number of aliphatic hydroxyl groups excluding tert-OH is 1. The highest BCUT2D eigenvalue weighted by Crippen LogP contribution is 2.13. The molecule has 0 aromatic rings. The molecule has 1 heterocycles. The second-order valence-electron chi connectivity index (χ2n) is 4.08. The van der Waals surface area contributed by atoms with E-state index < -0.39 is 0 Å². The van der Waals surface area contributed by atoms with Gasteiger partial charge in [-0.1, -0.05) is 0 Å². The monoisotopic (exact) mass is 230 g/mol. The highest BCUT2D eigenvalue weighted by atomic mass is 16.5. The third kappa shape index (κ3) is 6.05. The number of rotatable bonds is 8. The molecular weight excluding hydrogens is 208 g/mol. The van der Waals surface area contributed by atoms with Crippen molar-refractivity contribution in [1.82, 2.24) is 10.6 Å². The molecule has 0 radical (unpaired) electrons. The van der Waals surface area contributed by atoms with E-state index in [0.29, 0.717) is 32.1 Å². The van der Waals surface area contributed by atoms with Crippen LogP contribution in [0.25, 0.3) is 0 Å². The van der Waals surface area contributed by atoms with Crippen molar-refractivity contribution in [3.8, 4) is 0 Å². The zero-order valence-electron chi connectivity index (χ0n) is 9.71. The van der Waals surface area contributed by atoms with E-state index in [-0.39, 0.29) is 12.5 Å². The van der Waals surface area contributed by atoms with Gasteiger partial charge in [0.15, 0.2) is 0 Å². The molecular formula is C11H22N2O3. The summed E-state index contributed by atoms with van der Waals surface area (Å²) in [6.45, 7) is 3.50. The Morgan fingerprint density at radius 1 is 1.50 bits per heavy atom. The van der Waals surface area contributed by atoms with E-state index >= 15 is 0 Å². The van der Waals surface area contributed by atoms with Gasteiger partial charge in [-0.15, -0.1) is 0 Å². The molecule has 1 fully saturated rings. The Morgan fingerprint density at radius 3 is 3.06 bits per heavy atom. The fraction of sp³-hybridized carbons (Fsp3) is 0.909. The van der Waals surface area contributed by atoms with Crippen LogP contribution in [0.5, 0.6) is 0 Å². The summed E-state index contributed by atoms with van der Waals surface area (Å²) in [5.41, 5.74) is 0. The van der Waals surface area contributed by atoms with Gasteiger partial charge in [0.2, 0.25) is 5.91 Å². The number of carbonyl (C=O) groups is 1. The summed E-state index contributed by atoms with van der Waals surface area (Å²) in [7, 11) is 0. The van der Waals surface area contributed by atoms with E-state index in [1.54, 1.807) is 0 Å². The van der Waals surface area contributed by atoms with Crippen molar-refractivity contribution >= 4 is 5.91 Å². The van der Waals surface area contributed by atoms with Gasteiger partial charge in [-0.05, 0) is 31.8 Å². The molecule has 0 bridgehead atoms. The van der Waals surface area contributed by atoms with E-state index in [9.17, 15) is 4.79 Å². The Hall–Kier alpha value is -0.650. The standard InChI is InChI=1S/C11H22N2O3/c14-6-8-16-7-5-13-11(15)2-1-10-3-4-12-9-10/h10,12,14H,1-9H2,(H,13,15). The fourth-order valence-corrected chi connectivity index (χ4v) is 1.81. The first kappa shape index (κ1) is 13.4. The summed E-state index contributed by atoms with van der Waals surface area (Å²) in [5.74, 6) is 0.760. The summed E-state index contributed by atoms with van der Waals surface area (Å²) < 4.78 is 5.04. The van der Waals surface area contributed by atoms with Crippen molar-refractivity contribution in [3.63, 3.8) is 0 Å². The van der Waals surface area contributed by atoms with Gasteiger partial charge in [0.1, 0.15) is 0 Å². The summed E-state index contributed by atoms with van der Waals surface area (Å²) in [5, 5.41) is 14.5. The second kappa shape index (κ2) is 8.50. The van der Waals surface area contributed by atoms with Crippen LogP contribution in [0.4, 0.5) is 0 Å². The van der Waals surface area contributed by atoms with Crippen LogP contribution in [0, 0.1) is 5.92 Å². The average molecular weight is 230 g/mol. The smallest absolute Gasteiger partial charge is 0.220 e. The Kier molecular flexibility index (Phi) is 7.12. The highest BCUT2D eigenvalue weighted by Gasteiger charge is 2.15. The van der Waals surface area contributed by atoms with Crippen molar-refractivity contribution in [3.05, 3.63) is 0 Å². The lowest BCUT2D eigenvalue weighted by Gasteiger charge is -2.08. The summed E-state index contributed by atoms with van der Waals surface area (Å²) in [6, 6.07) is 0. The SMILES string of the molecule is O=C(CCC1CCNC1)NCCOCCO. The van der Waals surface area contributed by atoms with Crippen LogP contribution >= 0.6 is 0 Å². The molecule has 5 nitrogen and oxygen atoms in total. The molecule has 0 saturated carbocycles. The Labute approximate surface area is 96.6 Å². The van der Waals surface area contributed by atoms with E-state index in [1.165, 1.54) is 6.42 Å². The highest BCUT2D eigenvalue weighted by molar-refractivity contribution is 5.75. The van der Waals surface area contributed by atoms with Gasteiger partial charge in [0, 0.05) is 13.0 Å². The molecule has 1 rings (SSSR count). The van der Waals surface area contributed by atoms with Crippen molar-refractivity contribution in [2.75, 3.05) is 39.5 Å². The molecule has 1 aliphatic rings. The molecule has 0 aromatic carbocycles. The molecule has 5 heteroatoms. The van der Waals surface area contributed by atoms with Crippen molar-refractivity contribution < 1.29 is 14.6 Å². The summed E-state index contributed by atoms with van der Waals surface area (Å²) in [4.78, 5) is 11.4. The van der Waals surface area contributed by atoms with E-state index in [2.05, 4.69) is 10.6 Å². The van der Waals surface area contributed by atoms with Crippen LogP contribution in [-0.2, 0) is 9.53 Å². The van der Waals surface area contributed by atoms with E-state index in [0.717, 1.165) is 19.5 Å². The molecule has 1 aliphatic heterocycles. The molecule has 0 spiro atoms. The lowest BCUT2D eigenvalue weighted by atomic mass is 10.0. The van der Waals surface area contributed by atoms with Crippen LogP contribution in [0.15, 0.2) is 0 Å². The predicted octanol–water partition coefficient (Wildman–Crippen LogP) is -0.499. The number of ether oxygens (including phenoxy) is 1. The minimum atomic E-state index is 0.0304. The number of amides is 1. The first-order valence-corrected chi connectivity index (χ1v) is 5.99. The molecule has 16 heavy (non-hydrogen) atoms. The first-order valence-electron chi connectivity index (χ1n) is 5.99. The van der Waals surface area contributed by atoms with Gasteiger partial charge in [0.05, 0.1) is 19.8 Å². The fourth-order valence-electron chi connectivity index (χ4n) is 1.81. The van der Waals surface area contributed by atoms with E-state index in [4.69, 9.17) is 9.84 Å². The maximum atomic E-state index is 11.4. The number of carbonyl (C=O) groups excluding carboxylic acids is 1. The van der Waals surface area contributed by atoms with Crippen LogP contribution in [0.3, 0.4) is 0 Å². The largest absolute Gasteiger partial charge is 0.394 e. The summed E-state index contributed by atoms with van der Waals surface area (Å²) in [6.07, 6.45) is 2.76. The minimum absolute atomic E-state index is 0.0304. The predicted molar refractivity (Wildman–Crippen MR) is 61.1 cm³/mol. The van der Waals surface area contributed by atoms with Crippen LogP contribution < -0.4 is 10.6 Å². The van der Waals surface area contributed by atoms with Crippen LogP contribution in [-0.4, -0.2) is 50.5 Å². The van der Waals surface area contributed by atoms with Crippen LogP contribution in [0.1, 0.15) is 19.3 Å². The molecule has 1 saturated heterocycles. The van der Waals surface area contributed by atoms with E-state index in [1.807, 2.05) is 0 Å². The Morgan fingerprint density at radius 2 is 2.38 bits per heavy atom. The van der Waals surface area contributed by atoms with Crippen molar-refractivity contribution in [1.29, 1.82) is 0 Å². The molecule has 1 amide bonds. The molecule has 0 aliphatic carbocycles. The Balaban J connectivity index is 1.90. The third-order valence-corrected chi connectivity index (χ3v) is 2.75. The molecule has 1 atom stereocenters. The Bertz CT molecular complexity index is 194. The maximum absolute atomic E-state index is 11.4. The van der Waals surface area contributed by atoms with Crippen molar-refractivity contribution in [2.45, 2.75) is 19.3 Å².